The van der Waals surface area contributed by atoms with Gasteiger partial charge >= 0.3 is 5.69 Å². The zero-order valence-corrected chi connectivity index (χ0v) is 11.6. The highest BCUT2D eigenvalue weighted by atomic mass is 16.6. The van der Waals surface area contributed by atoms with E-state index in [9.17, 15) is 10.1 Å². The first-order valence-corrected chi connectivity index (χ1v) is 6.18. The van der Waals surface area contributed by atoms with Gasteiger partial charge in [0.15, 0.2) is 0 Å². The zero-order chi connectivity index (χ0) is 14.7. The van der Waals surface area contributed by atoms with Crippen molar-refractivity contribution in [2.45, 2.75) is 13.8 Å². The molecule has 20 heavy (non-hydrogen) atoms. The lowest BCUT2D eigenvalue weighted by Crippen LogP contribution is -2.03. The standard InChI is InChI=1S/C14H16N4O2/c1-9-4-5-10(2)11(8-9)16-14-12(18(19)20)6-7-13(15-3)17-14/h4-8H,1-3H3,(H2,15,16,17). The lowest BCUT2D eigenvalue weighted by atomic mass is 10.1. The van der Waals surface area contributed by atoms with Crippen molar-refractivity contribution < 1.29 is 4.92 Å². The molecule has 0 aliphatic rings. The quantitative estimate of drug-likeness (QED) is 0.658. The Balaban J connectivity index is 2.45. The number of anilines is 3. The summed E-state index contributed by atoms with van der Waals surface area (Å²) in [5.74, 6) is 0.805. The van der Waals surface area contributed by atoms with Gasteiger partial charge in [-0.3, -0.25) is 10.1 Å². The van der Waals surface area contributed by atoms with Crippen molar-refractivity contribution in [3.05, 3.63) is 51.6 Å². The van der Waals surface area contributed by atoms with Crippen LogP contribution < -0.4 is 10.6 Å². The number of nitro groups is 1. The molecule has 0 spiro atoms. The van der Waals surface area contributed by atoms with Crippen molar-refractivity contribution in [3.8, 4) is 0 Å². The van der Waals surface area contributed by atoms with E-state index in [1.807, 2.05) is 32.0 Å². The van der Waals surface area contributed by atoms with E-state index in [1.165, 1.54) is 6.07 Å². The van der Waals surface area contributed by atoms with Crippen LogP contribution in [0.2, 0.25) is 0 Å². The SMILES string of the molecule is CNc1ccc([N+](=O)[O-])c(Nc2cc(C)ccc2C)n1. The highest BCUT2D eigenvalue weighted by Crippen LogP contribution is 2.28. The topological polar surface area (TPSA) is 80.1 Å². The van der Waals surface area contributed by atoms with E-state index in [0.717, 1.165) is 16.8 Å². The summed E-state index contributed by atoms with van der Waals surface area (Å²) in [6.45, 7) is 3.91. The second-order valence-corrected chi connectivity index (χ2v) is 4.51. The van der Waals surface area contributed by atoms with Crippen LogP contribution in [0.3, 0.4) is 0 Å². The Kier molecular flexibility index (Phi) is 3.84. The molecule has 0 saturated heterocycles. The molecule has 0 aliphatic heterocycles. The van der Waals surface area contributed by atoms with Gasteiger partial charge in [0, 0.05) is 18.8 Å². The number of rotatable bonds is 4. The van der Waals surface area contributed by atoms with Crippen molar-refractivity contribution in [2.24, 2.45) is 0 Å². The van der Waals surface area contributed by atoms with E-state index in [-0.39, 0.29) is 11.5 Å². The molecular formula is C14H16N4O2. The maximum Gasteiger partial charge on any atom is 0.311 e. The van der Waals surface area contributed by atoms with Crippen molar-refractivity contribution in [2.75, 3.05) is 17.7 Å². The molecule has 0 aliphatic carbocycles. The molecule has 1 aromatic heterocycles. The first-order chi connectivity index (χ1) is 9.51. The molecule has 2 rings (SSSR count). The van der Waals surface area contributed by atoms with Crippen molar-refractivity contribution in [3.63, 3.8) is 0 Å². The fourth-order valence-corrected chi connectivity index (χ4v) is 1.83. The first-order valence-electron chi connectivity index (χ1n) is 6.18. The van der Waals surface area contributed by atoms with Gasteiger partial charge in [-0.05, 0) is 37.1 Å². The van der Waals surface area contributed by atoms with E-state index >= 15 is 0 Å². The van der Waals surface area contributed by atoms with Crippen LogP contribution >= 0.6 is 0 Å². The van der Waals surface area contributed by atoms with E-state index in [0.29, 0.717) is 5.82 Å². The van der Waals surface area contributed by atoms with Crippen molar-refractivity contribution >= 4 is 23.0 Å². The molecule has 0 saturated carbocycles. The zero-order valence-electron chi connectivity index (χ0n) is 11.6. The van der Waals surface area contributed by atoms with Crippen LogP contribution in [0.25, 0.3) is 0 Å². The Labute approximate surface area is 117 Å². The van der Waals surface area contributed by atoms with Gasteiger partial charge in [0.1, 0.15) is 5.82 Å². The molecule has 104 valence electrons. The van der Waals surface area contributed by atoms with Crippen molar-refractivity contribution in [1.29, 1.82) is 0 Å². The molecule has 0 amide bonds. The third kappa shape index (κ3) is 2.85. The van der Waals surface area contributed by atoms with Crippen LogP contribution in [0.5, 0.6) is 0 Å². The summed E-state index contributed by atoms with van der Waals surface area (Å²) in [5.41, 5.74) is 2.84. The van der Waals surface area contributed by atoms with Crippen molar-refractivity contribution in [1.82, 2.24) is 4.98 Å². The fourth-order valence-electron chi connectivity index (χ4n) is 1.83. The summed E-state index contributed by atoms with van der Waals surface area (Å²) in [6, 6.07) is 8.91. The largest absolute Gasteiger partial charge is 0.373 e. The van der Waals surface area contributed by atoms with Gasteiger partial charge in [0.2, 0.25) is 5.82 Å². The third-order valence-electron chi connectivity index (χ3n) is 2.97. The monoisotopic (exact) mass is 272 g/mol. The summed E-state index contributed by atoms with van der Waals surface area (Å²) >= 11 is 0. The van der Waals surface area contributed by atoms with E-state index < -0.39 is 4.92 Å². The van der Waals surface area contributed by atoms with Crippen LogP contribution in [0, 0.1) is 24.0 Å². The minimum atomic E-state index is -0.445. The van der Waals surface area contributed by atoms with Crippen LogP contribution in [0.4, 0.5) is 23.0 Å². The van der Waals surface area contributed by atoms with Gasteiger partial charge in [-0.2, -0.15) is 0 Å². The Morgan fingerprint density at radius 3 is 2.60 bits per heavy atom. The summed E-state index contributed by atoms with van der Waals surface area (Å²) in [7, 11) is 1.72. The second-order valence-electron chi connectivity index (χ2n) is 4.51. The number of nitrogens with one attached hydrogen (secondary N) is 2. The summed E-state index contributed by atoms with van der Waals surface area (Å²) in [4.78, 5) is 14.8. The Morgan fingerprint density at radius 2 is 1.95 bits per heavy atom. The maximum absolute atomic E-state index is 11.1. The minimum Gasteiger partial charge on any atom is -0.373 e. The highest BCUT2D eigenvalue weighted by Gasteiger charge is 2.16. The van der Waals surface area contributed by atoms with Gasteiger partial charge in [0.25, 0.3) is 0 Å². The van der Waals surface area contributed by atoms with Gasteiger partial charge < -0.3 is 10.6 Å². The molecule has 1 heterocycles. The molecule has 6 heteroatoms. The third-order valence-corrected chi connectivity index (χ3v) is 2.97. The second kappa shape index (κ2) is 5.56. The Bertz CT molecular complexity index is 656. The molecule has 0 bridgehead atoms. The van der Waals surface area contributed by atoms with Gasteiger partial charge in [-0.1, -0.05) is 12.1 Å². The molecule has 6 nitrogen and oxygen atoms in total. The summed E-state index contributed by atoms with van der Waals surface area (Å²) in [6.07, 6.45) is 0. The van der Waals surface area contributed by atoms with E-state index in [1.54, 1.807) is 13.1 Å². The molecule has 0 unspecified atom stereocenters. The Hall–Kier alpha value is -2.63. The average molecular weight is 272 g/mol. The Morgan fingerprint density at radius 1 is 1.20 bits per heavy atom. The molecule has 0 radical (unpaired) electrons. The van der Waals surface area contributed by atoms with Gasteiger partial charge in [-0.25, -0.2) is 4.98 Å². The van der Waals surface area contributed by atoms with E-state index in [4.69, 9.17) is 0 Å². The van der Waals surface area contributed by atoms with Gasteiger partial charge in [-0.15, -0.1) is 0 Å². The number of hydrogen-bond donors (Lipinski definition) is 2. The smallest absolute Gasteiger partial charge is 0.311 e. The fraction of sp³-hybridized carbons (Fsp3) is 0.214. The number of aryl methyl sites for hydroxylation is 2. The van der Waals surface area contributed by atoms with Crippen LogP contribution in [-0.4, -0.2) is 17.0 Å². The van der Waals surface area contributed by atoms with Crippen LogP contribution in [-0.2, 0) is 0 Å². The number of pyridine rings is 1. The molecule has 2 N–H and O–H groups in total. The highest BCUT2D eigenvalue weighted by molar-refractivity contribution is 5.69. The molecule has 1 aromatic carbocycles. The minimum absolute atomic E-state index is 0.0510. The molecule has 0 fully saturated rings. The molecule has 2 aromatic rings. The number of hydrogen-bond acceptors (Lipinski definition) is 5. The number of benzene rings is 1. The average Bonchev–Trinajstić information content (AvgIpc) is 2.42. The first kappa shape index (κ1) is 13.8. The maximum atomic E-state index is 11.1. The number of aromatic nitrogens is 1. The van der Waals surface area contributed by atoms with Crippen LogP contribution in [0.15, 0.2) is 30.3 Å². The lowest BCUT2D eigenvalue weighted by molar-refractivity contribution is -0.384. The normalized spacial score (nSPS) is 10.2. The predicted molar refractivity (Wildman–Crippen MR) is 79.6 cm³/mol. The van der Waals surface area contributed by atoms with E-state index in [2.05, 4.69) is 15.6 Å². The van der Waals surface area contributed by atoms with Crippen LogP contribution in [0.1, 0.15) is 11.1 Å². The molecule has 0 atom stereocenters. The lowest BCUT2D eigenvalue weighted by Gasteiger charge is -2.11. The number of nitrogens with zero attached hydrogens (tertiary/aromatic N) is 2. The molecular weight excluding hydrogens is 256 g/mol. The summed E-state index contributed by atoms with van der Waals surface area (Å²) < 4.78 is 0. The van der Waals surface area contributed by atoms with Gasteiger partial charge in [0.05, 0.1) is 4.92 Å². The predicted octanol–water partition coefficient (Wildman–Crippen LogP) is 3.39. The summed E-state index contributed by atoms with van der Waals surface area (Å²) in [5, 5.41) is 17.0.